The summed E-state index contributed by atoms with van der Waals surface area (Å²) >= 11 is 1.43. The first kappa shape index (κ1) is 14.7. The topological polar surface area (TPSA) is 81.8 Å². The number of rotatable bonds is 2. The molecule has 0 saturated carbocycles. The highest BCUT2D eigenvalue weighted by Crippen LogP contribution is 2.24. The van der Waals surface area contributed by atoms with Crippen molar-refractivity contribution < 1.29 is 0 Å². The Kier molecular flexibility index (Phi) is 3.90. The van der Waals surface area contributed by atoms with Gasteiger partial charge in [-0.05, 0) is 26.3 Å². The molecule has 0 aliphatic carbocycles. The van der Waals surface area contributed by atoms with Crippen LogP contribution >= 0.6 is 11.5 Å². The van der Waals surface area contributed by atoms with Gasteiger partial charge in [-0.1, -0.05) is 0 Å². The van der Waals surface area contributed by atoms with Gasteiger partial charge in [-0.3, -0.25) is 0 Å². The molecule has 0 bridgehead atoms. The molecular weight excluding hydrogens is 298 g/mol. The minimum absolute atomic E-state index is 0.632. The van der Waals surface area contributed by atoms with E-state index in [1.165, 1.54) is 11.5 Å². The summed E-state index contributed by atoms with van der Waals surface area (Å²) in [5.41, 5.74) is 2.35. The van der Waals surface area contributed by atoms with Crippen LogP contribution in [-0.4, -0.2) is 45.7 Å². The quantitative estimate of drug-likeness (QED) is 0.829. The van der Waals surface area contributed by atoms with Gasteiger partial charge in [0, 0.05) is 37.7 Å². The Morgan fingerprint density at radius 1 is 1.05 bits per heavy atom. The minimum atomic E-state index is 0.632. The Bertz CT molecular complexity index is 725. The lowest BCUT2D eigenvalue weighted by atomic mass is 10.1. The number of piperazine rings is 1. The van der Waals surface area contributed by atoms with E-state index in [1.807, 2.05) is 20.8 Å². The van der Waals surface area contributed by atoms with E-state index in [2.05, 4.69) is 35.4 Å². The smallest absolute Gasteiger partial charge is 0.205 e. The summed E-state index contributed by atoms with van der Waals surface area (Å²) in [4.78, 5) is 8.78. The van der Waals surface area contributed by atoms with Gasteiger partial charge in [0.15, 0.2) is 5.82 Å². The molecule has 0 radical (unpaired) electrons. The third-order valence-corrected chi connectivity index (χ3v) is 4.78. The first-order chi connectivity index (χ1) is 10.6. The van der Waals surface area contributed by atoms with Gasteiger partial charge in [0.1, 0.15) is 17.5 Å². The molecule has 1 fully saturated rings. The van der Waals surface area contributed by atoms with Gasteiger partial charge in [-0.2, -0.15) is 14.7 Å². The number of hydrogen-bond acceptors (Lipinski definition) is 8. The molecular formula is C14H17N7S. The Hall–Kier alpha value is -2.27. The van der Waals surface area contributed by atoms with Crippen molar-refractivity contribution in [3.05, 3.63) is 22.6 Å². The van der Waals surface area contributed by atoms with Crippen LogP contribution in [0.2, 0.25) is 0 Å². The average Bonchev–Trinajstić information content (AvgIpc) is 2.96. The molecule has 3 rings (SSSR count). The number of hydrogen-bond donors (Lipinski definition) is 0. The first-order valence-corrected chi connectivity index (χ1v) is 7.91. The molecule has 8 heteroatoms. The number of nitrogens with zero attached hydrogens (tertiary/aromatic N) is 7. The Balaban J connectivity index is 1.77. The van der Waals surface area contributed by atoms with Crippen molar-refractivity contribution in [1.29, 1.82) is 5.26 Å². The van der Waals surface area contributed by atoms with Crippen molar-refractivity contribution >= 4 is 22.5 Å². The predicted molar refractivity (Wildman–Crippen MR) is 85.3 cm³/mol. The molecule has 114 valence electrons. The summed E-state index contributed by atoms with van der Waals surface area (Å²) in [5, 5.41) is 18.8. The lowest BCUT2D eigenvalue weighted by molar-refractivity contribution is 0.640. The fourth-order valence-electron chi connectivity index (χ4n) is 2.48. The normalized spacial score (nSPS) is 15.0. The van der Waals surface area contributed by atoms with Gasteiger partial charge in [-0.15, -0.1) is 5.10 Å². The third kappa shape index (κ3) is 2.60. The highest BCUT2D eigenvalue weighted by atomic mass is 32.1. The van der Waals surface area contributed by atoms with Crippen molar-refractivity contribution in [3.8, 4) is 6.07 Å². The largest absolute Gasteiger partial charge is 0.350 e. The molecule has 7 nitrogen and oxygen atoms in total. The van der Waals surface area contributed by atoms with Crippen LogP contribution in [-0.2, 0) is 0 Å². The summed E-state index contributed by atoms with van der Waals surface area (Å²) in [7, 11) is 0. The fourth-order valence-corrected chi connectivity index (χ4v) is 3.20. The molecule has 3 heterocycles. The van der Waals surface area contributed by atoms with Crippen LogP contribution < -0.4 is 9.80 Å². The molecule has 22 heavy (non-hydrogen) atoms. The second-order valence-electron chi connectivity index (χ2n) is 5.32. The molecule has 0 N–H and O–H groups in total. The lowest BCUT2D eigenvalue weighted by Gasteiger charge is -2.35. The molecule has 0 atom stereocenters. The van der Waals surface area contributed by atoms with Crippen LogP contribution in [0.3, 0.4) is 0 Å². The highest BCUT2D eigenvalue weighted by molar-refractivity contribution is 7.09. The van der Waals surface area contributed by atoms with Crippen LogP contribution in [0, 0.1) is 32.1 Å². The highest BCUT2D eigenvalue weighted by Gasteiger charge is 2.23. The maximum Gasteiger partial charge on any atom is 0.205 e. The molecule has 1 aliphatic rings. The van der Waals surface area contributed by atoms with Crippen molar-refractivity contribution in [2.75, 3.05) is 36.0 Å². The van der Waals surface area contributed by atoms with Crippen LogP contribution in [0.1, 0.15) is 22.6 Å². The second kappa shape index (κ2) is 5.85. The van der Waals surface area contributed by atoms with Crippen LogP contribution in [0.5, 0.6) is 0 Å². The first-order valence-electron chi connectivity index (χ1n) is 7.14. The third-order valence-electron chi connectivity index (χ3n) is 3.91. The molecule has 0 aromatic carbocycles. The molecule has 1 aliphatic heterocycles. The second-order valence-corrected chi connectivity index (χ2v) is 6.05. The molecule has 0 spiro atoms. The predicted octanol–water partition coefficient (Wildman–Crippen LogP) is 1.45. The van der Waals surface area contributed by atoms with E-state index in [-0.39, 0.29) is 0 Å². The Morgan fingerprint density at radius 3 is 2.32 bits per heavy atom. The molecule has 2 aromatic rings. The molecule has 1 saturated heterocycles. The minimum Gasteiger partial charge on any atom is -0.350 e. The van der Waals surface area contributed by atoms with E-state index >= 15 is 0 Å². The monoisotopic (exact) mass is 315 g/mol. The van der Waals surface area contributed by atoms with Crippen molar-refractivity contribution in [2.24, 2.45) is 0 Å². The van der Waals surface area contributed by atoms with Crippen molar-refractivity contribution in [1.82, 2.24) is 19.6 Å². The lowest BCUT2D eigenvalue weighted by Crippen LogP contribution is -2.47. The zero-order chi connectivity index (χ0) is 15.7. The zero-order valence-electron chi connectivity index (χ0n) is 12.9. The number of aromatic nitrogens is 4. The summed E-state index contributed by atoms with van der Waals surface area (Å²) in [5.74, 6) is 1.51. The van der Waals surface area contributed by atoms with Crippen LogP contribution in [0.25, 0.3) is 0 Å². The Morgan fingerprint density at radius 2 is 1.73 bits per heavy atom. The molecule has 2 aromatic heterocycles. The van der Waals surface area contributed by atoms with Gasteiger partial charge in [0.25, 0.3) is 0 Å². The Labute approximate surface area is 133 Å². The van der Waals surface area contributed by atoms with Gasteiger partial charge in [-0.25, -0.2) is 4.98 Å². The van der Waals surface area contributed by atoms with Crippen LogP contribution in [0.4, 0.5) is 10.9 Å². The maximum absolute atomic E-state index is 9.42. The van der Waals surface area contributed by atoms with E-state index in [1.54, 1.807) is 0 Å². The van der Waals surface area contributed by atoms with Gasteiger partial charge in [0.2, 0.25) is 5.13 Å². The average molecular weight is 315 g/mol. The van der Waals surface area contributed by atoms with Crippen molar-refractivity contribution in [3.63, 3.8) is 0 Å². The van der Waals surface area contributed by atoms with E-state index in [0.717, 1.165) is 48.4 Å². The molecule has 0 amide bonds. The summed E-state index contributed by atoms with van der Waals surface area (Å²) in [6, 6.07) is 2.27. The zero-order valence-corrected chi connectivity index (χ0v) is 13.7. The number of anilines is 2. The fraction of sp³-hybridized carbons (Fsp3) is 0.500. The van der Waals surface area contributed by atoms with E-state index in [0.29, 0.717) is 11.4 Å². The van der Waals surface area contributed by atoms with E-state index in [9.17, 15) is 5.26 Å². The van der Waals surface area contributed by atoms with Crippen LogP contribution in [0.15, 0.2) is 0 Å². The van der Waals surface area contributed by atoms with Crippen molar-refractivity contribution in [2.45, 2.75) is 20.8 Å². The summed E-state index contributed by atoms with van der Waals surface area (Å²) < 4.78 is 4.23. The summed E-state index contributed by atoms with van der Waals surface area (Å²) in [6.45, 7) is 8.98. The van der Waals surface area contributed by atoms with E-state index in [4.69, 9.17) is 0 Å². The van der Waals surface area contributed by atoms with Gasteiger partial charge < -0.3 is 9.80 Å². The van der Waals surface area contributed by atoms with Gasteiger partial charge in [0.05, 0.1) is 5.69 Å². The molecule has 0 unspecified atom stereocenters. The number of aryl methyl sites for hydroxylation is 2. The standard InChI is InChI=1S/C14H17N7S/c1-9-10(2)17-18-13(12(9)8-15)20-4-6-21(7-5-20)14-16-11(3)19-22-14/h4-7H2,1-3H3. The van der Waals surface area contributed by atoms with Gasteiger partial charge >= 0.3 is 0 Å². The van der Waals surface area contributed by atoms with E-state index < -0.39 is 0 Å². The number of nitriles is 1. The maximum atomic E-state index is 9.42. The SMILES string of the molecule is Cc1nsc(N2CCN(c3nnc(C)c(C)c3C#N)CC2)n1. The summed E-state index contributed by atoms with van der Waals surface area (Å²) in [6.07, 6.45) is 0.